The number of methoxy groups -OCH3 is 1. The van der Waals surface area contributed by atoms with E-state index in [1.54, 1.807) is 24.3 Å². The third kappa shape index (κ3) is 7.16. The number of carbonyl (C=O) groups excluding carboxylic acids is 1. The van der Waals surface area contributed by atoms with Gasteiger partial charge in [0.25, 0.3) is 0 Å². The molecule has 1 rings (SSSR count). The van der Waals surface area contributed by atoms with E-state index in [-0.39, 0.29) is 11.7 Å². The SMILES string of the molecule is CCCCCCCCNC(=O)/C=C/c1ccc(O)c(OC)c1. The van der Waals surface area contributed by atoms with Gasteiger partial charge in [0.15, 0.2) is 11.5 Å². The summed E-state index contributed by atoms with van der Waals surface area (Å²) < 4.78 is 5.03. The molecule has 4 heteroatoms. The Morgan fingerprint density at radius 3 is 2.68 bits per heavy atom. The van der Waals surface area contributed by atoms with Gasteiger partial charge in [-0.25, -0.2) is 0 Å². The smallest absolute Gasteiger partial charge is 0.243 e. The molecule has 0 aliphatic rings. The number of carbonyl (C=O) groups is 1. The number of phenols is 1. The fourth-order valence-corrected chi connectivity index (χ4v) is 2.15. The second-order valence-electron chi connectivity index (χ2n) is 5.32. The number of unbranched alkanes of at least 4 members (excludes halogenated alkanes) is 5. The Morgan fingerprint density at radius 2 is 1.95 bits per heavy atom. The fourth-order valence-electron chi connectivity index (χ4n) is 2.15. The van der Waals surface area contributed by atoms with E-state index in [2.05, 4.69) is 12.2 Å². The number of hydrogen-bond donors (Lipinski definition) is 2. The maximum absolute atomic E-state index is 11.7. The van der Waals surface area contributed by atoms with Gasteiger partial charge in [-0.15, -0.1) is 0 Å². The lowest BCUT2D eigenvalue weighted by Gasteiger charge is -2.04. The van der Waals surface area contributed by atoms with Crippen molar-refractivity contribution in [1.82, 2.24) is 5.32 Å². The first-order chi connectivity index (χ1) is 10.7. The van der Waals surface area contributed by atoms with Crippen LogP contribution in [0.2, 0.25) is 0 Å². The highest BCUT2D eigenvalue weighted by Crippen LogP contribution is 2.26. The molecule has 0 heterocycles. The van der Waals surface area contributed by atoms with Crippen molar-refractivity contribution in [2.75, 3.05) is 13.7 Å². The number of aromatic hydroxyl groups is 1. The van der Waals surface area contributed by atoms with Gasteiger partial charge in [0.05, 0.1) is 7.11 Å². The Labute approximate surface area is 133 Å². The lowest BCUT2D eigenvalue weighted by atomic mass is 10.1. The Bertz CT molecular complexity index is 483. The summed E-state index contributed by atoms with van der Waals surface area (Å²) in [6, 6.07) is 4.97. The summed E-state index contributed by atoms with van der Waals surface area (Å²) in [5.41, 5.74) is 0.810. The summed E-state index contributed by atoms with van der Waals surface area (Å²) in [4.78, 5) is 11.7. The number of ether oxygens (including phenoxy) is 1. The molecule has 0 fully saturated rings. The van der Waals surface area contributed by atoms with Crippen LogP contribution in [0, 0.1) is 0 Å². The molecule has 0 bridgehead atoms. The van der Waals surface area contributed by atoms with E-state index in [1.165, 1.54) is 45.3 Å². The number of phenolic OH excluding ortho intramolecular Hbond substituents is 1. The van der Waals surface area contributed by atoms with Gasteiger partial charge in [0.2, 0.25) is 5.91 Å². The average molecular weight is 305 g/mol. The molecule has 2 N–H and O–H groups in total. The first kappa shape index (κ1) is 18.1. The van der Waals surface area contributed by atoms with Gasteiger partial charge in [-0.2, -0.15) is 0 Å². The van der Waals surface area contributed by atoms with Crippen LogP contribution < -0.4 is 10.1 Å². The van der Waals surface area contributed by atoms with Crippen LogP contribution >= 0.6 is 0 Å². The second-order valence-corrected chi connectivity index (χ2v) is 5.32. The van der Waals surface area contributed by atoms with Crippen molar-refractivity contribution in [2.24, 2.45) is 0 Å². The van der Waals surface area contributed by atoms with Crippen LogP contribution in [-0.2, 0) is 4.79 Å². The fraction of sp³-hybridized carbons (Fsp3) is 0.500. The maximum atomic E-state index is 11.7. The van der Waals surface area contributed by atoms with Crippen molar-refractivity contribution in [3.8, 4) is 11.5 Å². The summed E-state index contributed by atoms with van der Waals surface area (Å²) in [6.07, 6.45) is 10.5. The molecule has 0 saturated carbocycles. The standard InChI is InChI=1S/C18H27NO3/c1-3-4-5-6-7-8-13-19-18(21)12-10-15-9-11-16(20)17(14-15)22-2/h9-12,14,20H,3-8,13H2,1-2H3,(H,19,21)/b12-10+. The Balaban J connectivity index is 2.27. The number of nitrogens with one attached hydrogen (secondary N) is 1. The average Bonchev–Trinajstić information content (AvgIpc) is 2.53. The first-order valence-corrected chi connectivity index (χ1v) is 8.00. The van der Waals surface area contributed by atoms with E-state index < -0.39 is 0 Å². The van der Waals surface area contributed by atoms with Crippen molar-refractivity contribution in [3.05, 3.63) is 29.8 Å². The summed E-state index contributed by atoms with van der Waals surface area (Å²) in [6.45, 7) is 2.92. The zero-order valence-corrected chi connectivity index (χ0v) is 13.6. The molecule has 0 aliphatic heterocycles. The minimum atomic E-state index is -0.0967. The third-order valence-electron chi connectivity index (χ3n) is 3.46. The van der Waals surface area contributed by atoms with Crippen molar-refractivity contribution in [2.45, 2.75) is 45.4 Å². The Morgan fingerprint density at radius 1 is 1.23 bits per heavy atom. The normalized spacial score (nSPS) is 10.8. The zero-order valence-electron chi connectivity index (χ0n) is 13.6. The zero-order chi connectivity index (χ0) is 16.2. The third-order valence-corrected chi connectivity index (χ3v) is 3.46. The molecule has 0 atom stereocenters. The molecule has 1 aromatic carbocycles. The first-order valence-electron chi connectivity index (χ1n) is 8.00. The number of rotatable bonds is 10. The summed E-state index contributed by atoms with van der Waals surface area (Å²) in [5.74, 6) is 0.391. The van der Waals surface area contributed by atoms with Crippen LogP contribution in [0.15, 0.2) is 24.3 Å². The molecule has 4 nitrogen and oxygen atoms in total. The van der Waals surface area contributed by atoms with Gasteiger partial charge in [-0.3, -0.25) is 4.79 Å². The Hall–Kier alpha value is -1.97. The molecule has 0 saturated heterocycles. The monoisotopic (exact) mass is 305 g/mol. The van der Waals surface area contributed by atoms with Crippen molar-refractivity contribution >= 4 is 12.0 Å². The molecule has 0 aliphatic carbocycles. The molecule has 22 heavy (non-hydrogen) atoms. The topological polar surface area (TPSA) is 58.6 Å². The minimum Gasteiger partial charge on any atom is -0.504 e. The van der Waals surface area contributed by atoms with Crippen molar-refractivity contribution < 1.29 is 14.6 Å². The van der Waals surface area contributed by atoms with Crippen LogP contribution in [0.5, 0.6) is 11.5 Å². The van der Waals surface area contributed by atoms with E-state index in [0.717, 1.165) is 12.0 Å². The molecular formula is C18H27NO3. The van der Waals surface area contributed by atoms with Crippen molar-refractivity contribution in [3.63, 3.8) is 0 Å². The van der Waals surface area contributed by atoms with Crippen LogP contribution in [0.3, 0.4) is 0 Å². The summed E-state index contributed by atoms with van der Waals surface area (Å²) in [5, 5.41) is 12.4. The molecule has 0 spiro atoms. The molecule has 1 aromatic rings. The van der Waals surface area contributed by atoms with Crippen LogP contribution in [0.1, 0.15) is 51.0 Å². The van der Waals surface area contributed by atoms with Gasteiger partial charge < -0.3 is 15.2 Å². The highest BCUT2D eigenvalue weighted by molar-refractivity contribution is 5.91. The van der Waals surface area contributed by atoms with Crippen molar-refractivity contribution in [1.29, 1.82) is 0 Å². The molecule has 0 unspecified atom stereocenters. The minimum absolute atomic E-state index is 0.0900. The van der Waals surface area contributed by atoms with Gasteiger partial charge >= 0.3 is 0 Å². The lowest BCUT2D eigenvalue weighted by Crippen LogP contribution is -2.21. The van der Waals surface area contributed by atoms with E-state index in [4.69, 9.17) is 4.74 Å². The summed E-state index contributed by atoms with van der Waals surface area (Å²) >= 11 is 0. The van der Waals surface area contributed by atoms with Crippen LogP contribution in [0.25, 0.3) is 6.08 Å². The molecule has 0 aromatic heterocycles. The Kier molecular flexibility index (Phi) is 8.80. The number of hydrogen-bond acceptors (Lipinski definition) is 3. The van der Waals surface area contributed by atoms with E-state index in [1.807, 2.05) is 0 Å². The largest absolute Gasteiger partial charge is 0.504 e. The predicted octanol–water partition coefficient (Wildman–Crippen LogP) is 3.89. The highest BCUT2D eigenvalue weighted by atomic mass is 16.5. The quantitative estimate of drug-likeness (QED) is 0.509. The molecule has 0 radical (unpaired) electrons. The van der Waals surface area contributed by atoms with E-state index in [0.29, 0.717) is 12.3 Å². The lowest BCUT2D eigenvalue weighted by molar-refractivity contribution is -0.116. The molecule has 1 amide bonds. The van der Waals surface area contributed by atoms with E-state index >= 15 is 0 Å². The molecular weight excluding hydrogens is 278 g/mol. The van der Waals surface area contributed by atoms with Crippen LogP contribution in [0.4, 0.5) is 0 Å². The summed E-state index contributed by atoms with van der Waals surface area (Å²) in [7, 11) is 1.50. The van der Waals surface area contributed by atoms with Gasteiger partial charge in [0, 0.05) is 12.6 Å². The number of amides is 1. The highest BCUT2D eigenvalue weighted by Gasteiger charge is 2.01. The van der Waals surface area contributed by atoms with Gasteiger partial charge in [0.1, 0.15) is 0 Å². The molecule has 122 valence electrons. The van der Waals surface area contributed by atoms with E-state index in [9.17, 15) is 9.90 Å². The van der Waals surface area contributed by atoms with Crippen LogP contribution in [-0.4, -0.2) is 24.7 Å². The predicted molar refractivity (Wildman–Crippen MR) is 90.1 cm³/mol. The van der Waals surface area contributed by atoms with Gasteiger partial charge in [-0.05, 0) is 30.2 Å². The van der Waals surface area contributed by atoms with Gasteiger partial charge in [-0.1, -0.05) is 45.1 Å². The second kappa shape index (κ2) is 10.7. The maximum Gasteiger partial charge on any atom is 0.243 e. The number of benzene rings is 1.